The molecule has 178 valence electrons. The number of hydrogen-bond acceptors (Lipinski definition) is 5. The maximum atomic E-state index is 13.0. The maximum Gasteiger partial charge on any atom is 0.295 e. The quantitative estimate of drug-likeness (QED) is 0.609. The Bertz CT molecular complexity index is 1240. The highest BCUT2D eigenvalue weighted by atomic mass is 16.5. The average Bonchev–Trinajstić information content (AvgIpc) is 3.39. The predicted molar refractivity (Wildman–Crippen MR) is 132 cm³/mol. The van der Waals surface area contributed by atoms with E-state index >= 15 is 0 Å². The van der Waals surface area contributed by atoms with Crippen LogP contribution in [0.1, 0.15) is 16.8 Å². The molecule has 5 rings (SSSR count). The number of aromatic nitrogens is 2. The van der Waals surface area contributed by atoms with Crippen LogP contribution in [0.15, 0.2) is 53.3 Å². The van der Waals surface area contributed by atoms with Gasteiger partial charge < -0.3 is 10.1 Å². The van der Waals surface area contributed by atoms with E-state index in [4.69, 9.17) is 4.74 Å². The molecule has 0 radical (unpaired) electrons. The Morgan fingerprint density at radius 2 is 1.76 bits per heavy atom. The smallest absolute Gasteiger partial charge is 0.295 e. The van der Waals surface area contributed by atoms with E-state index < -0.39 is 0 Å². The summed E-state index contributed by atoms with van der Waals surface area (Å²) in [6.07, 6.45) is 0.989. The van der Waals surface area contributed by atoms with E-state index in [2.05, 4.69) is 33.3 Å². The number of ether oxygens (including phenoxy) is 1. The van der Waals surface area contributed by atoms with Crippen LogP contribution < -0.4 is 15.6 Å². The van der Waals surface area contributed by atoms with Crippen LogP contribution in [-0.2, 0) is 24.8 Å². The molecule has 0 spiro atoms. The number of carbonyl (C=O) groups is 1. The van der Waals surface area contributed by atoms with Gasteiger partial charge in [-0.15, -0.1) is 0 Å². The molecule has 3 aromatic rings. The van der Waals surface area contributed by atoms with E-state index in [1.54, 1.807) is 9.36 Å². The SMILES string of the molecule is Cc1c(NC(=O)CN2CCN(Cc3ccc4c(c3)CCO4)CC2)c(=O)n(-c2ccccc2)n1C. The molecular formula is C26H31N5O3. The van der Waals surface area contributed by atoms with Gasteiger partial charge in [-0.1, -0.05) is 30.3 Å². The minimum atomic E-state index is -0.218. The minimum absolute atomic E-state index is 0.155. The summed E-state index contributed by atoms with van der Waals surface area (Å²) in [7, 11) is 1.83. The van der Waals surface area contributed by atoms with Gasteiger partial charge in [0.15, 0.2) is 0 Å². The normalized spacial score (nSPS) is 16.3. The van der Waals surface area contributed by atoms with Crippen molar-refractivity contribution >= 4 is 11.6 Å². The number of piperazine rings is 1. The summed E-state index contributed by atoms with van der Waals surface area (Å²) in [6.45, 7) is 7.28. The van der Waals surface area contributed by atoms with E-state index in [1.165, 1.54) is 11.1 Å². The Morgan fingerprint density at radius 1 is 1.03 bits per heavy atom. The highest BCUT2D eigenvalue weighted by Gasteiger charge is 2.22. The fourth-order valence-corrected chi connectivity index (χ4v) is 4.80. The Kier molecular flexibility index (Phi) is 6.26. The molecule has 0 aliphatic carbocycles. The van der Waals surface area contributed by atoms with Gasteiger partial charge in [-0.05, 0) is 36.2 Å². The van der Waals surface area contributed by atoms with Crippen LogP contribution in [0.3, 0.4) is 0 Å². The third-order valence-corrected chi connectivity index (χ3v) is 6.81. The summed E-state index contributed by atoms with van der Waals surface area (Å²) in [4.78, 5) is 30.4. The number of para-hydroxylation sites is 1. The lowest BCUT2D eigenvalue weighted by Gasteiger charge is -2.34. The minimum Gasteiger partial charge on any atom is -0.493 e. The molecule has 34 heavy (non-hydrogen) atoms. The van der Waals surface area contributed by atoms with Gasteiger partial charge in [0.05, 0.1) is 24.5 Å². The average molecular weight is 462 g/mol. The number of nitrogens with one attached hydrogen (secondary N) is 1. The lowest BCUT2D eigenvalue weighted by molar-refractivity contribution is -0.117. The largest absolute Gasteiger partial charge is 0.493 e. The van der Waals surface area contributed by atoms with E-state index in [9.17, 15) is 9.59 Å². The van der Waals surface area contributed by atoms with Gasteiger partial charge >= 0.3 is 0 Å². The van der Waals surface area contributed by atoms with Gasteiger partial charge in [-0.2, -0.15) is 0 Å². The summed E-state index contributed by atoms with van der Waals surface area (Å²) in [5, 5.41) is 2.87. The van der Waals surface area contributed by atoms with Crippen LogP contribution in [-0.4, -0.2) is 64.4 Å². The number of amides is 1. The zero-order valence-corrected chi connectivity index (χ0v) is 19.8. The molecule has 3 heterocycles. The van der Waals surface area contributed by atoms with Crippen molar-refractivity contribution in [1.29, 1.82) is 0 Å². The number of hydrogen-bond donors (Lipinski definition) is 1. The van der Waals surface area contributed by atoms with Crippen molar-refractivity contribution < 1.29 is 9.53 Å². The van der Waals surface area contributed by atoms with Crippen LogP contribution >= 0.6 is 0 Å². The van der Waals surface area contributed by atoms with Gasteiger partial charge in [0.2, 0.25) is 5.91 Å². The number of anilines is 1. The lowest BCUT2D eigenvalue weighted by atomic mass is 10.1. The summed E-state index contributed by atoms with van der Waals surface area (Å²) >= 11 is 0. The highest BCUT2D eigenvalue weighted by molar-refractivity contribution is 5.92. The van der Waals surface area contributed by atoms with Crippen LogP contribution in [0.5, 0.6) is 5.75 Å². The van der Waals surface area contributed by atoms with Gasteiger partial charge in [0.25, 0.3) is 5.56 Å². The Hall–Kier alpha value is -3.36. The fourth-order valence-electron chi connectivity index (χ4n) is 4.80. The molecule has 8 nitrogen and oxygen atoms in total. The van der Waals surface area contributed by atoms with Crippen LogP contribution in [0.4, 0.5) is 5.69 Å². The monoisotopic (exact) mass is 461 g/mol. The van der Waals surface area contributed by atoms with E-state index in [1.807, 2.05) is 44.3 Å². The van der Waals surface area contributed by atoms with Crippen LogP contribution in [0.2, 0.25) is 0 Å². The first-order valence-corrected chi connectivity index (χ1v) is 11.8. The molecule has 8 heteroatoms. The Balaban J connectivity index is 1.16. The standard InChI is InChI=1S/C26H31N5O3/c1-19-25(26(33)31(28(19)2)22-6-4-3-5-7-22)27-24(32)18-30-13-11-29(12-14-30)17-20-8-9-23-21(16-20)10-15-34-23/h3-9,16H,10-15,17-18H2,1-2H3,(H,27,32). The van der Waals surface area contributed by atoms with Gasteiger partial charge in [0.1, 0.15) is 11.4 Å². The summed E-state index contributed by atoms with van der Waals surface area (Å²) in [5.41, 5.74) is 4.23. The maximum absolute atomic E-state index is 13.0. The Labute approximate surface area is 199 Å². The Morgan fingerprint density at radius 3 is 2.53 bits per heavy atom. The topological polar surface area (TPSA) is 71.7 Å². The predicted octanol–water partition coefficient (Wildman–Crippen LogP) is 2.18. The van der Waals surface area contributed by atoms with E-state index in [-0.39, 0.29) is 18.0 Å². The summed E-state index contributed by atoms with van der Waals surface area (Å²) in [6, 6.07) is 15.9. The molecule has 0 saturated carbocycles. The fraction of sp³-hybridized carbons (Fsp3) is 0.385. The van der Waals surface area contributed by atoms with Gasteiger partial charge in [0, 0.05) is 46.2 Å². The number of fused-ring (bicyclic) bond motifs is 1. The first-order valence-electron chi connectivity index (χ1n) is 11.8. The molecule has 0 atom stereocenters. The molecule has 2 aliphatic rings. The van der Waals surface area contributed by atoms with Crippen LogP contribution in [0.25, 0.3) is 5.69 Å². The second-order valence-electron chi connectivity index (χ2n) is 9.08. The van der Waals surface area contributed by atoms with Crippen molar-refractivity contribution in [2.24, 2.45) is 7.05 Å². The number of carbonyl (C=O) groups excluding carboxylic acids is 1. The molecule has 1 aromatic heterocycles. The van der Waals surface area contributed by atoms with Gasteiger partial charge in [-0.3, -0.25) is 24.1 Å². The molecule has 1 N–H and O–H groups in total. The van der Waals surface area contributed by atoms with Crippen molar-refractivity contribution in [3.63, 3.8) is 0 Å². The lowest BCUT2D eigenvalue weighted by Crippen LogP contribution is -2.48. The molecule has 1 fully saturated rings. The third kappa shape index (κ3) is 4.51. The van der Waals surface area contributed by atoms with Crippen molar-refractivity contribution in [3.8, 4) is 11.4 Å². The summed E-state index contributed by atoms with van der Waals surface area (Å²) in [5.74, 6) is 0.863. The van der Waals surface area contributed by atoms with Crippen molar-refractivity contribution in [1.82, 2.24) is 19.2 Å². The molecule has 2 aromatic carbocycles. The highest BCUT2D eigenvalue weighted by Crippen LogP contribution is 2.26. The molecular weight excluding hydrogens is 430 g/mol. The zero-order chi connectivity index (χ0) is 23.7. The van der Waals surface area contributed by atoms with E-state index in [0.717, 1.165) is 62.9 Å². The van der Waals surface area contributed by atoms with Crippen LogP contribution in [0, 0.1) is 6.92 Å². The number of rotatable bonds is 6. The van der Waals surface area contributed by atoms with Crippen molar-refractivity contribution in [3.05, 3.63) is 75.7 Å². The van der Waals surface area contributed by atoms with Crippen molar-refractivity contribution in [2.45, 2.75) is 19.9 Å². The molecule has 0 unspecified atom stereocenters. The second-order valence-corrected chi connectivity index (χ2v) is 9.08. The first-order chi connectivity index (χ1) is 16.5. The third-order valence-electron chi connectivity index (χ3n) is 6.81. The second kappa shape index (κ2) is 9.48. The molecule has 1 saturated heterocycles. The number of nitrogens with zero attached hydrogens (tertiary/aromatic N) is 4. The molecule has 1 amide bonds. The molecule has 2 aliphatic heterocycles. The summed E-state index contributed by atoms with van der Waals surface area (Å²) < 4.78 is 8.95. The zero-order valence-electron chi connectivity index (χ0n) is 19.8. The van der Waals surface area contributed by atoms with Crippen molar-refractivity contribution in [2.75, 3.05) is 44.6 Å². The van der Waals surface area contributed by atoms with Gasteiger partial charge in [-0.25, -0.2) is 4.68 Å². The van der Waals surface area contributed by atoms with E-state index in [0.29, 0.717) is 5.69 Å². The molecule has 0 bridgehead atoms. The number of benzene rings is 2. The first kappa shape index (κ1) is 22.4.